The van der Waals surface area contributed by atoms with Crippen LogP contribution in [-0.4, -0.2) is 9.55 Å². The van der Waals surface area contributed by atoms with Gasteiger partial charge >= 0.3 is 0 Å². The number of benzene rings is 1. The van der Waals surface area contributed by atoms with Crippen LogP contribution in [0.15, 0.2) is 35.1 Å². The lowest BCUT2D eigenvalue weighted by molar-refractivity contribution is 0.218. The fraction of sp³-hybridized carbons (Fsp3) is 0.429. The minimum absolute atomic E-state index is 0.00325. The van der Waals surface area contributed by atoms with E-state index in [0.717, 1.165) is 35.0 Å². The number of fused-ring (bicyclic) bond motifs is 3. The number of anilines is 1. The van der Waals surface area contributed by atoms with Crippen LogP contribution >= 0.6 is 11.3 Å². The molecule has 1 aliphatic rings. The summed E-state index contributed by atoms with van der Waals surface area (Å²) in [5, 5.41) is 0.789. The highest BCUT2D eigenvalue weighted by atomic mass is 32.1. The third-order valence-corrected chi connectivity index (χ3v) is 6.85. The minimum Gasteiger partial charge on any atom is -0.294 e. The summed E-state index contributed by atoms with van der Waals surface area (Å²) < 4.78 is 1.65. The van der Waals surface area contributed by atoms with E-state index in [0.29, 0.717) is 18.4 Å². The van der Waals surface area contributed by atoms with Gasteiger partial charge < -0.3 is 0 Å². The Hall–Kier alpha value is -2.18. The van der Waals surface area contributed by atoms with Crippen molar-refractivity contribution < 1.29 is 0 Å². The lowest BCUT2D eigenvalue weighted by Gasteiger charge is -2.33. The number of aryl methyl sites for hydroxylation is 1. The molecule has 1 aliphatic carbocycles. The molecular formula is C21H26N4OS. The molecule has 0 spiro atoms. The van der Waals surface area contributed by atoms with E-state index < -0.39 is 0 Å². The van der Waals surface area contributed by atoms with Gasteiger partial charge in [-0.1, -0.05) is 51.1 Å². The van der Waals surface area contributed by atoms with Gasteiger partial charge in [0.15, 0.2) is 0 Å². The number of hydrazine groups is 1. The number of nitrogen functional groups attached to an aromatic ring is 1. The van der Waals surface area contributed by atoms with E-state index in [1.807, 2.05) is 30.3 Å². The van der Waals surface area contributed by atoms with E-state index >= 15 is 0 Å². The maximum absolute atomic E-state index is 13.4. The minimum atomic E-state index is 0.00325. The van der Waals surface area contributed by atoms with E-state index in [1.54, 1.807) is 15.9 Å². The van der Waals surface area contributed by atoms with Crippen LogP contribution in [0.25, 0.3) is 10.2 Å². The Bertz CT molecular complexity index is 1030. The lowest BCUT2D eigenvalue weighted by atomic mass is 9.72. The van der Waals surface area contributed by atoms with Crippen molar-refractivity contribution in [3.8, 4) is 0 Å². The Morgan fingerprint density at radius 3 is 2.70 bits per heavy atom. The standard InChI is InChI=1S/C21H26N4OS/c1-21(2,3)14-9-10-15-16(11-14)27-18-17(15)19(26)25(20(23-18)24-22)12-13-7-5-4-6-8-13/h4-8,14H,9-12,22H2,1-3H3,(H,23,24). The fourth-order valence-electron chi connectivity index (χ4n) is 4.02. The predicted molar refractivity (Wildman–Crippen MR) is 112 cm³/mol. The molecule has 2 aromatic heterocycles. The zero-order valence-electron chi connectivity index (χ0n) is 16.1. The molecule has 0 fully saturated rings. The SMILES string of the molecule is CC(C)(C)C1CCc2c(sc3nc(NN)n(Cc4ccccc4)c(=O)c23)C1. The fourth-order valence-corrected chi connectivity index (χ4v) is 5.31. The number of hydrogen-bond donors (Lipinski definition) is 2. The molecule has 1 unspecified atom stereocenters. The van der Waals surface area contributed by atoms with Gasteiger partial charge in [-0.3, -0.25) is 14.8 Å². The Morgan fingerprint density at radius 1 is 1.30 bits per heavy atom. The van der Waals surface area contributed by atoms with Gasteiger partial charge in [0.05, 0.1) is 11.9 Å². The number of nitrogens with one attached hydrogen (secondary N) is 1. The Morgan fingerprint density at radius 2 is 2.04 bits per heavy atom. The van der Waals surface area contributed by atoms with Gasteiger partial charge in [0.2, 0.25) is 5.95 Å². The average Bonchev–Trinajstić information content (AvgIpc) is 3.01. The summed E-state index contributed by atoms with van der Waals surface area (Å²) in [6.07, 6.45) is 3.11. The molecule has 0 amide bonds. The number of aromatic nitrogens is 2. The molecule has 0 aliphatic heterocycles. The molecule has 1 atom stereocenters. The molecule has 2 heterocycles. The van der Waals surface area contributed by atoms with E-state index in [1.165, 1.54) is 10.4 Å². The van der Waals surface area contributed by atoms with Crippen molar-refractivity contribution in [1.82, 2.24) is 9.55 Å². The van der Waals surface area contributed by atoms with Gasteiger partial charge in [0.1, 0.15) is 4.83 Å². The number of nitrogens with two attached hydrogens (primary N) is 1. The third-order valence-electron chi connectivity index (χ3n) is 5.71. The lowest BCUT2D eigenvalue weighted by Crippen LogP contribution is -2.29. The molecule has 1 aromatic carbocycles. The third kappa shape index (κ3) is 3.28. The molecule has 0 saturated carbocycles. The van der Waals surface area contributed by atoms with Crippen LogP contribution in [0.3, 0.4) is 0 Å². The normalized spacial score (nSPS) is 17.1. The highest BCUT2D eigenvalue weighted by molar-refractivity contribution is 7.18. The maximum atomic E-state index is 13.4. The van der Waals surface area contributed by atoms with E-state index in [4.69, 9.17) is 5.84 Å². The molecule has 3 aromatic rings. The van der Waals surface area contributed by atoms with Crippen molar-refractivity contribution in [3.63, 3.8) is 0 Å². The molecule has 142 valence electrons. The first-order valence-electron chi connectivity index (χ1n) is 9.44. The molecule has 27 heavy (non-hydrogen) atoms. The van der Waals surface area contributed by atoms with Crippen molar-refractivity contribution in [2.45, 2.75) is 46.6 Å². The summed E-state index contributed by atoms with van der Waals surface area (Å²) in [5.74, 6) is 6.75. The Labute approximate surface area is 163 Å². The highest BCUT2D eigenvalue weighted by Gasteiger charge is 2.32. The van der Waals surface area contributed by atoms with Gasteiger partial charge in [-0.05, 0) is 41.7 Å². The zero-order valence-corrected chi connectivity index (χ0v) is 16.9. The molecule has 0 bridgehead atoms. The molecule has 6 heteroatoms. The van der Waals surface area contributed by atoms with Crippen molar-refractivity contribution in [1.29, 1.82) is 0 Å². The summed E-state index contributed by atoms with van der Waals surface area (Å²) in [4.78, 5) is 20.2. The molecule has 5 nitrogen and oxygen atoms in total. The molecule has 0 saturated heterocycles. The summed E-state index contributed by atoms with van der Waals surface area (Å²) in [6.45, 7) is 7.37. The second-order valence-corrected chi connectivity index (χ2v) is 9.53. The van der Waals surface area contributed by atoms with Gasteiger partial charge in [-0.15, -0.1) is 11.3 Å². The van der Waals surface area contributed by atoms with Crippen LogP contribution in [0.2, 0.25) is 0 Å². The highest BCUT2D eigenvalue weighted by Crippen LogP contribution is 2.42. The van der Waals surface area contributed by atoms with Crippen LogP contribution in [0.1, 0.15) is 43.2 Å². The predicted octanol–water partition coefficient (Wildman–Crippen LogP) is 3.94. The van der Waals surface area contributed by atoms with Crippen LogP contribution in [0.4, 0.5) is 5.95 Å². The van der Waals surface area contributed by atoms with E-state index in [2.05, 4.69) is 31.2 Å². The molecular weight excluding hydrogens is 356 g/mol. The molecule has 0 radical (unpaired) electrons. The van der Waals surface area contributed by atoms with Gasteiger partial charge in [-0.25, -0.2) is 10.8 Å². The zero-order chi connectivity index (χ0) is 19.2. The first-order chi connectivity index (χ1) is 12.9. The number of thiophene rings is 1. The quantitative estimate of drug-likeness (QED) is 0.531. The number of hydrogen-bond acceptors (Lipinski definition) is 5. The maximum Gasteiger partial charge on any atom is 0.264 e. The van der Waals surface area contributed by atoms with E-state index in [-0.39, 0.29) is 11.0 Å². The second-order valence-electron chi connectivity index (χ2n) is 8.45. The summed E-state index contributed by atoms with van der Waals surface area (Å²) in [5.41, 5.74) is 5.16. The Balaban J connectivity index is 1.83. The van der Waals surface area contributed by atoms with E-state index in [9.17, 15) is 4.79 Å². The van der Waals surface area contributed by atoms with Crippen LogP contribution < -0.4 is 16.8 Å². The van der Waals surface area contributed by atoms with Crippen LogP contribution in [-0.2, 0) is 19.4 Å². The molecule has 4 rings (SSSR count). The number of nitrogens with zero attached hydrogens (tertiary/aromatic N) is 2. The topological polar surface area (TPSA) is 72.9 Å². The monoisotopic (exact) mass is 382 g/mol. The van der Waals surface area contributed by atoms with Crippen molar-refractivity contribution in [2.24, 2.45) is 17.2 Å². The molecule has 3 N–H and O–H groups in total. The van der Waals surface area contributed by atoms with Crippen molar-refractivity contribution in [2.75, 3.05) is 5.43 Å². The second kappa shape index (κ2) is 6.77. The number of rotatable bonds is 3. The van der Waals surface area contributed by atoms with Gasteiger partial charge in [0, 0.05) is 4.88 Å². The summed E-state index contributed by atoms with van der Waals surface area (Å²) >= 11 is 1.66. The van der Waals surface area contributed by atoms with Crippen LogP contribution in [0, 0.1) is 11.3 Å². The smallest absolute Gasteiger partial charge is 0.264 e. The first kappa shape index (κ1) is 18.2. The first-order valence-corrected chi connectivity index (χ1v) is 10.3. The van der Waals surface area contributed by atoms with Gasteiger partial charge in [-0.2, -0.15) is 0 Å². The van der Waals surface area contributed by atoms with Gasteiger partial charge in [0.25, 0.3) is 5.56 Å². The largest absolute Gasteiger partial charge is 0.294 e. The Kier molecular flexibility index (Phi) is 4.56. The van der Waals surface area contributed by atoms with Crippen molar-refractivity contribution >= 4 is 27.5 Å². The van der Waals surface area contributed by atoms with Crippen molar-refractivity contribution in [3.05, 3.63) is 56.7 Å². The summed E-state index contributed by atoms with van der Waals surface area (Å²) in [7, 11) is 0. The summed E-state index contributed by atoms with van der Waals surface area (Å²) in [6, 6.07) is 9.93. The average molecular weight is 383 g/mol. The van der Waals surface area contributed by atoms with Crippen LogP contribution in [0.5, 0.6) is 0 Å².